The zero-order valence-corrected chi connectivity index (χ0v) is 18.2. The van der Waals surface area contributed by atoms with Crippen molar-refractivity contribution in [1.29, 1.82) is 0 Å². The van der Waals surface area contributed by atoms with Crippen LogP contribution in [0.3, 0.4) is 0 Å². The van der Waals surface area contributed by atoms with Crippen molar-refractivity contribution in [2.45, 2.75) is 44.6 Å². The highest BCUT2D eigenvalue weighted by molar-refractivity contribution is 14.0. The minimum absolute atomic E-state index is 0. The van der Waals surface area contributed by atoms with Crippen molar-refractivity contribution in [3.63, 3.8) is 0 Å². The van der Waals surface area contributed by atoms with Gasteiger partial charge in [0.25, 0.3) is 0 Å². The molecular weight excluding hydrogens is 456 g/mol. The van der Waals surface area contributed by atoms with Crippen LogP contribution in [0.15, 0.2) is 47.7 Å². The first-order valence-electron chi connectivity index (χ1n) is 9.47. The van der Waals surface area contributed by atoms with E-state index in [9.17, 15) is 4.39 Å². The van der Waals surface area contributed by atoms with Crippen molar-refractivity contribution in [3.8, 4) is 0 Å². The van der Waals surface area contributed by atoms with E-state index in [4.69, 9.17) is 4.99 Å². The number of rotatable bonds is 8. The van der Waals surface area contributed by atoms with Gasteiger partial charge >= 0.3 is 0 Å². The first kappa shape index (κ1) is 21.7. The quantitative estimate of drug-likeness (QED) is 0.260. The summed E-state index contributed by atoms with van der Waals surface area (Å²) in [5, 5.41) is 10.9. The van der Waals surface area contributed by atoms with Gasteiger partial charge in [-0.15, -0.1) is 24.0 Å². The van der Waals surface area contributed by atoms with E-state index in [2.05, 4.69) is 22.7 Å². The molecule has 1 aromatic carbocycles. The average molecular weight is 485 g/mol. The molecule has 2 N–H and O–H groups in total. The van der Waals surface area contributed by atoms with Crippen LogP contribution in [0.1, 0.15) is 38.2 Å². The standard InChI is InChI=1S/C20H28FN5.HI/c1-2-22-19(23-12-4-14-26-15-5-13-25-26)24-16-20(10-3-11-20)17-6-8-18(21)9-7-17;/h5-9,13,15H,2-4,10-12,14,16H2,1H3,(H2,22,23,24);1H. The van der Waals surface area contributed by atoms with Crippen LogP contribution in [-0.2, 0) is 12.0 Å². The van der Waals surface area contributed by atoms with Crippen molar-refractivity contribution in [1.82, 2.24) is 20.4 Å². The van der Waals surface area contributed by atoms with Gasteiger partial charge in [0.1, 0.15) is 5.82 Å². The Hall–Kier alpha value is -1.64. The van der Waals surface area contributed by atoms with Gasteiger partial charge in [0, 0.05) is 37.4 Å². The first-order valence-corrected chi connectivity index (χ1v) is 9.47. The Labute approximate surface area is 177 Å². The molecule has 0 atom stereocenters. The summed E-state index contributed by atoms with van der Waals surface area (Å²) < 4.78 is 15.2. The van der Waals surface area contributed by atoms with E-state index >= 15 is 0 Å². The van der Waals surface area contributed by atoms with Gasteiger partial charge in [-0.3, -0.25) is 9.67 Å². The zero-order valence-electron chi connectivity index (χ0n) is 15.8. The topological polar surface area (TPSA) is 54.2 Å². The third-order valence-corrected chi connectivity index (χ3v) is 5.07. The fraction of sp³-hybridized carbons (Fsp3) is 0.500. The molecule has 3 rings (SSSR count). The van der Waals surface area contributed by atoms with E-state index < -0.39 is 0 Å². The third-order valence-electron chi connectivity index (χ3n) is 5.07. The van der Waals surface area contributed by atoms with E-state index in [1.807, 2.05) is 29.1 Å². The molecule has 1 aliphatic carbocycles. The van der Waals surface area contributed by atoms with Crippen LogP contribution in [-0.4, -0.2) is 35.4 Å². The number of nitrogens with one attached hydrogen (secondary N) is 2. The molecule has 7 heteroatoms. The van der Waals surface area contributed by atoms with Crippen LogP contribution >= 0.6 is 24.0 Å². The summed E-state index contributed by atoms with van der Waals surface area (Å²) in [5.41, 5.74) is 1.26. The molecule has 1 aliphatic rings. The molecule has 2 aromatic rings. The Morgan fingerprint density at radius 2 is 2.04 bits per heavy atom. The van der Waals surface area contributed by atoms with Crippen molar-refractivity contribution in [2.75, 3.05) is 19.6 Å². The van der Waals surface area contributed by atoms with Gasteiger partial charge in [0.15, 0.2) is 5.96 Å². The Balaban J connectivity index is 0.00000261. The summed E-state index contributed by atoms with van der Waals surface area (Å²) in [5.74, 6) is 0.667. The number of hydrogen-bond acceptors (Lipinski definition) is 2. The minimum Gasteiger partial charge on any atom is -0.357 e. The highest BCUT2D eigenvalue weighted by atomic mass is 127. The van der Waals surface area contributed by atoms with Crippen LogP contribution in [0, 0.1) is 5.82 Å². The molecule has 1 fully saturated rings. The number of guanidine groups is 1. The van der Waals surface area contributed by atoms with Crippen molar-refractivity contribution in [3.05, 3.63) is 54.1 Å². The Morgan fingerprint density at radius 1 is 1.26 bits per heavy atom. The van der Waals surface area contributed by atoms with Crippen molar-refractivity contribution >= 4 is 29.9 Å². The van der Waals surface area contributed by atoms with Gasteiger partial charge in [-0.25, -0.2) is 4.39 Å². The third kappa shape index (κ3) is 5.92. The van der Waals surface area contributed by atoms with E-state index in [0.717, 1.165) is 51.4 Å². The molecule has 1 aromatic heterocycles. The maximum Gasteiger partial charge on any atom is 0.191 e. The maximum absolute atomic E-state index is 13.2. The number of aromatic nitrogens is 2. The molecule has 0 amide bonds. The van der Waals surface area contributed by atoms with Gasteiger partial charge < -0.3 is 10.6 Å². The predicted octanol–water partition coefficient (Wildman–Crippen LogP) is 3.71. The lowest BCUT2D eigenvalue weighted by Crippen LogP contribution is -2.42. The lowest BCUT2D eigenvalue weighted by Gasteiger charge is -2.41. The largest absolute Gasteiger partial charge is 0.357 e. The molecule has 0 bridgehead atoms. The van der Waals surface area contributed by atoms with Crippen LogP contribution in [0.2, 0.25) is 0 Å². The number of halogens is 2. The van der Waals surface area contributed by atoms with Crippen molar-refractivity contribution in [2.24, 2.45) is 4.99 Å². The van der Waals surface area contributed by atoms with Crippen LogP contribution < -0.4 is 10.6 Å². The molecule has 0 radical (unpaired) electrons. The maximum atomic E-state index is 13.2. The average Bonchev–Trinajstić information content (AvgIpc) is 3.12. The number of aryl methyl sites for hydroxylation is 1. The summed E-state index contributed by atoms with van der Waals surface area (Å²) in [6.45, 7) is 5.36. The first-order chi connectivity index (χ1) is 12.7. The second-order valence-electron chi connectivity index (χ2n) is 6.89. The number of benzene rings is 1. The van der Waals surface area contributed by atoms with Gasteiger partial charge in [-0.2, -0.15) is 5.10 Å². The monoisotopic (exact) mass is 485 g/mol. The summed E-state index contributed by atoms with van der Waals surface area (Å²) in [6, 6.07) is 8.87. The van der Waals surface area contributed by atoms with E-state index in [-0.39, 0.29) is 35.2 Å². The smallest absolute Gasteiger partial charge is 0.191 e. The Bertz CT molecular complexity index is 696. The summed E-state index contributed by atoms with van der Waals surface area (Å²) in [4.78, 5) is 4.82. The van der Waals surface area contributed by atoms with Crippen LogP contribution in [0.25, 0.3) is 0 Å². The molecule has 27 heavy (non-hydrogen) atoms. The molecule has 0 saturated heterocycles. The predicted molar refractivity (Wildman–Crippen MR) is 118 cm³/mol. The van der Waals surface area contributed by atoms with E-state index in [1.165, 1.54) is 12.0 Å². The molecule has 148 valence electrons. The zero-order chi connectivity index (χ0) is 18.2. The summed E-state index contributed by atoms with van der Waals surface area (Å²) in [6.07, 6.45) is 8.19. The fourth-order valence-electron chi connectivity index (χ4n) is 3.40. The highest BCUT2D eigenvalue weighted by Crippen LogP contribution is 2.44. The molecular formula is C20H29FIN5. The Kier molecular flexibility index (Phi) is 8.53. The molecule has 1 heterocycles. The minimum atomic E-state index is -0.182. The van der Waals surface area contributed by atoms with Crippen molar-refractivity contribution < 1.29 is 4.39 Å². The Morgan fingerprint density at radius 3 is 2.63 bits per heavy atom. The van der Waals surface area contributed by atoms with Gasteiger partial charge in [0.2, 0.25) is 0 Å². The second-order valence-corrected chi connectivity index (χ2v) is 6.89. The van der Waals surface area contributed by atoms with Gasteiger partial charge in [-0.1, -0.05) is 18.6 Å². The van der Waals surface area contributed by atoms with Gasteiger partial charge in [0.05, 0.1) is 6.54 Å². The van der Waals surface area contributed by atoms with E-state index in [0.29, 0.717) is 0 Å². The highest BCUT2D eigenvalue weighted by Gasteiger charge is 2.38. The van der Waals surface area contributed by atoms with Crippen LogP contribution in [0.5, 0.6) is 0 Å². The molecule has 0 unspecified atom stereocenters. The molecule has 0 aliphatic heterocycles. The van der Waals surface area contributed by atoms with E-state index in [1.54, 1.807) is 18.3 Å². The van der Waals surface area contributed by atoms with Crippen LogP contribution in [0.4, 0.5) is 4.39 Å². The second kappa shape index (κ2) is 10.6. The molecule has 5 nitrogen and oxygen atoms in total. The number of aliphatic imine (C=N–C) groups is 1. The number of nitrogens with zero attached hydrogens (tertiary/aromatic N) is 3. The lowest BCUT2D eigenvalue weighted by atomic mass is 9.64. The lowest BCUT2D eigenvalue weighted by molar-refractivity contribution is 0.253. The fourth-order valence-corrected chi connectivity index (χ4v) is 3.40. The normalized spacial score (nSPS) is 15.6. The SMILES string of the molecule is CCNC(=NCC1(c2ccc(F)cc2)CCC1)NCCCn1cccn1.I. The van der Waals surface area contributed by atoms with Gasteiger partial charge in [-0.05, 0) is 49.9 Å². The summed E-state index contributed by atoms with van der Waals surface area (Å²) in [7, 11) is 0. The molecule has 0 spiro atoms. The number of hydrogen-bond donors (Lipinski definition) is 2. The summed E-state index contributed by atoms with van der Waals surface area (Å²) >= 11 is 0. The molecule has 1 saturated carbocycles.